The Morgan fingerprint density at radius 2 is 2.11 bits per heavy atom. The van der Waals surface area contributed by atoms with Gasteiger partial charge in [-0.3, -0.25) is 4.79 Å². The van der Waals surface area contributed by atoms with Crippen LogP contribution in [0, 0.1) is 18.2 Å². The van der Waals surface area contributed by atoms with Crippen LogP contribution < -0.4 is 5.32 Å². The maximum absolute atomic E-state index is 13.9. The van der Waals surface area contributed by atoms with Gasteiger partial charge in [-0.25, -0.2) is 4.39 Å². The molecule has 104 valence electrons. The van der Waals surface area contributed by atoms with Gasteiger partial charge in [-0.15, -0.1) is 0 Å². The summed E-state index contributed by atoms with van der Waals surface area (Å²) in [5, 5.41) is 3.78. The molecule has 0 bridgehead atoms. The lowest BCUT2D eigenvalue weighted by atomic mass is 9.89. The highest BCUT2D eigenvalue weighted by Crippen LogP contribution is 2.39. The van der Waals surface area contributed by atoms with E-state index in [4.69, 9.17) is 0 Å². The van der Waals surface area contributed by atoms with Gasteiger partial charge < -0.3 is 5.32 Å². The first kappa shape index (κ1) is 14.5. The molecule has 2 nitrogen and oxygen atoms in total. The van der Waals surface area contributed by atoms with Crippen molar-refractivity contribution in [3.63, 3.8) is 0 Å². The maximum atomic E-state index is 13.9. The van der Waals surface area contributed by atoms with Gasteiger partial charge in [0.15, 0.2) is 0 Å². The fourth-order valence-electron chi connectivity index (χ4n) is 2.67. The first-order valence-electron chi connectivity index (χ1n) is 6.67. The Kier molecular flexibility index (Phi) is 4.61. The number of benzene rings is 1. The highest BCUT2D eigenvalue weighted by atomic mass is 79.9. The van der Waals surface area contributed by atoms with E-state index in [0.29, 0.717) is 12.1 Å². The van der Waals surface area contributed by atoms with Crippen molar-refractivity contribution in [3.05, 3.63) is 35.1 Å². The molecule has 0 aliphatic heterocycles. The first-order chi connectivity index (χ1) is 9.08. The Labute approximate surface area is 121 Å². The van der Waals surface area contributed by atoms with E-state index in [1.54, 1.807) is 19.1 Å². The Bertz CT molecular complexity index is 469. The van der Waals surface area contributed by atoms with Crippen LogP contribution in [-0.2, 0) is 0 Å². The molecule has 1 amide bonds. The summed E-state index contributed by atoms with van der Waals surface area (Å²) >= 11 is 3.54. The monoisotopic (exact) mass is 327 g/mol. The number of carbonyl (C=O) groups is 1. The van der Waals surface area contributed by atoms with Gasteiger partial charge in [0.1, 0.15) is 5.82 Å². The highest BCUT2D eigenvalue weighted by Gasteiger charge is 2.33. The molecule has 2 rings (SSSR count). The Hall–Kier alpha value is -0.900. The lowest BCUT2D eigenvalue weighted by Crippen LogP contribution is -2.37. The number of hydrogen-bond acceptors (Lipinski definition) is 1. The number of nitrogens with one attached hydrogen (secondary N) is 1. The number of amides is 1. The van der Waals surface area contributed by atoms with Crippen molar-refractivity contribution in [3.8, 4) is 0 Å². The SMILES string of the molecule is Cc1cccc(C(=O)NCC2(CBr)CCCC2)c1F. The van der Waals surface area contributed by atoms with Crippen molar-refractivity contribution in [1.29, 1.82) is 0 Å². The zero-order chi connectivity index (χ0) is 13.9. The van der Waals surface area contributed by atoms with E-state index < -0.39 is 5.82 Å². The summed E-state index contributed by atoms with van der Waals surface area (Å²) < 4.78 is 13.9. The van der Waals surface area contributed by atoms with E-state index in [-0.39, 0.29) is 16.9 Å². The molecular formula is C15H19BrFNO. The van der Waals surface area contributed by atoms with Gasteiger partial charge in [-0.05, 0) is 36.8 Å². The Balaban J connectivity index is 2.03. The molecule has 4 heteroatoms. The quantitative estimate of drug-likeness (QED) is 0.837. The molecule has 0 radical (unpaired) electrons. The summed E-state index contributed by atoms with van der Waals surface area (Å²) in [6.45, 7) is 2.29. The van der Waals surface area contributed by atoms with Gasteiger partial charge in [-0.1, -0.05) is 40.9 Å². The second-order valence-electron chi connectivity index (χ2n) is 5.46. The topological polar surface area (TPSA) is 29.1 Å². The zero-order valence-corrected chi connectivity index (χ0v) is 12.7. The third-order valence-corrected chi connectivity index (χ3v) is 5.20. The third-order valence-electron chi connectivity index (χ3n) is 4.01. The van der Waals surface area contributed by atoms with E-state index in [2.05, 4.69) is 21.2 Å². The maximum Gasteiger partial charge on any atom is 0.254 e. The largest absolute Gasteiger partial charge is 0.351 e. The first-order valence-corrected chi connectivity index (χ1v) is 7.79. The molecular weight excluding hydrogens is 309 g/mol. The molecule has 0 aromatic heterocycles. The number of carbonyl (C=O) groups excluding carboxylic acids is 1. The van der Waals surface area contributed by atoms with E-state index in [0.717, 1.165) is 18.2 Å². The molecule has 0 atom stereocenters. The molecule has 19 heavy (non-hydrogen) atoms. The summed E-state index contributed by atoms with van der Waals surface area (Å²) in [6, 6.07) is 4.92. The van der Waals surface area contributed by atoms with Gasteiger partial charge in [-0.2, -0.15) is 0 Å². The average Bonchev–Trinajstić information content (AvgIpc) is 2.89. The summed E-state index contributed by atoms with van der Waals surface area (Å²) in [7, 11) is 0. The molecule has 0 unspecified atom stereocenters. The van der Waals surface area contributed by atoms with Crippen molar-refractivity contribution >= 4 is 21.8 Å². The number of hydrogen-bond donors (Lipinski definition) is 1. The molecule has 0 heterocycles. The molecule has 0 spiro atoms. The molecule has 0 saturated heterocycles. The standard InChI is InChI=1S/C15H19BrFNO/c1-11-5-4-6-12(13(11)17)14(19)18-10-15(9-16)7-2-3-8-15/h4-6H,2-3,7-10H2,1H3,(H,18,19). The number of aryl methyl sites for hydroxylation is 1. The predicted octanol–water partition coefficient (Wildman–Crippen LogP) is 3.82. The summed E-state index contributed by atoms with van der Waals surface area (Å²) in [6.07, 6.45) is 4.66. The van der Waals surface area contributed by atoms with E-state index >= 15 is 0 Å². The van der Waals surface area contributed by atoms with Gasteiger partial charge in [0.25, 0.3) is 5.91 Å². The minimum atomic E-state index is -0.417. The van der Waals surface area contributed by atoms with Gasteiger partial charge in [0.05, 0.1) is 5.56 Å². The fourth-order valence-corrected chi connectivity index (χ4v) is 3.43. The smallest absolute Gasteiger partial charge is 0.254 e. The van der Waals surface area contributed by atoms with Crippen LogP contribution in [0.15, 0.2) is 18.2 Å². The lowest BCUT2D eigenvalue weighted by Gasteiger charge is -2.26. The zero-order valence-electron chi connectivity index (χ0n) is 11.1. The van der Waals surface area contributed by atoms with Crippen molar-refractivity contribution < 1.29 is 9.18 Å². The molecule has 1 aliphatic carbocycles. The van der Waals surface area contributed by atoms with Crippen LogP contribution in [0.5, 0.6) is 0 Å². The van der Waals surface area contributed by atoms with Crippen LogP contribution in [0.4, 0.5) is 4.39 Å². The molecule has 1 aliphatic rings. The minimum absolute atomic E-state index is 0.141. The van der Waals surface area contributed by atoms with Gasteiger partial charge >= 0.3 is 0 Å². The highest BCUT2D eigenvalue weighted by molar-refractivity contribution is 9.09. The summed E-state index contributed by atoms with van der Waals surface area (Å²) in [5.74, 6) is -0.729. The molecule has 1 fully saturated rings. The van der Waals surface area contributed by atoms with Crippen LogP contribution in [-0.4, -0.2) is 17.8 Å². The van der Waals surface area contributed by atoms with Crippen LogP contribution in [0.25, 0.3) is 0 Å². The predicted molar refractivity (Wildman–Crippen MR) is 78.2 cm³/mol. The Morgan fingerprint density at radius 1 is 1.42 bits per heavy atom. The summed E-state index contributed by atoms with van der Waals surface area (Å²) in [4.78, 5) is 12.1. The van der Waals surface area contributed by atoms with E-state index in [1.807, 2.05) is 0 Å². The molecule has 1 N–H and O–H groups in total. The number of halogens is 2. The van der Waals surface area contributed by atoms with E-state index in [1.165, 1.54) is 18.9 Å². The number of alkyl halides is 1. The van der Waals surface area contributed by atoms with Crippen molar-refractivity contribution in [2.75, 3.05) is 11.9 Å². The Morgan fingerprint density at radius 3 is 2.74 bits per heavy atom. The minimum Gasteiger partial charge on any atom is -0.351 e. The van der Waals surface area contributed by atoms with Crippen molar-refractivity contribution in [2.45, 2.75) is 32.6 Å². The van der Waals surface area contributed by atoms with Crippen molar-refractivity contribution in [2.24, 2.45) is 5.41 Å². The third kappa shape index (κ3) is 3.16. The lowest BCUT2D eigenvalue weighted by molar-refractivity contribution is 0.0931. The van der Waals surface area contributed by atoms with Gasteiger partial charge in [0, 0.05) is 11.9 Å². The molecule has 1 aromatic carbocycles. The van der Waals surface area contributed by atoms with Crippen molar-refractivity contribution in [1.82, 2.24) is 5.32 Å². The second-order valence-corrected chi connectivity index (χ2v) is 6.02. The average molecular weight is 328 g/mol. The van der Waals surface area contributed by atoms with Crippen LogP contribution in [0.1, 0.15) is 41.6 Å². The van der Waals surface area contributed by atoms with Crippen LogP contribution in [0.2, 0.25) is 0 Å². The van der Waals surface area contributed by atoms with Crippen LogP contribution in [0.3, 0.4) is 0 Å². The number of rotatable bonds is 4. The normalized spacial score (nSPS) is 17.4. The van der Waals surface area contributed by atoms with Gasteiger partial charge in [0.2, 0.25) is 0 Å². The molecule has 1 saturated carbocycles. The summed E-state index contributed by atoms with van der Waals surface area (Å²) in [5.41, 5.74) is 0.794. The fraction of sp³-hybridized carbons (Fsp3) is 0.533. The molecule has 1 aromatic rings. The van der Waals surface area contributed by atoms with E-state index in [9.17, 15) is 9.18 Å². The second kappa shape index (κ2) is 6.04. The van der Waals surface area contributed by atoms with Crippen LogP contribution >= 0.6 is 15.9 Å².